The molecule has 5 heteroatoms. The Morgan fingerprint density at radius 2 is 2.50 bits per heavy atom. The van der Waals surface area contributed by atoms with Crippen LogP contribution < -0.4 is 10.6 Å². The van der Waals surface area contributed by atoms with Crippen LogP contribution in [0.15, 0.2) is 12.0 Å². The van der Waals surface area contributed by atoms with E-state index in [4.69, 9.17) is 9.47 Å². The number of rotatable bonds is 4. The zero-order valence-electron chi connectivity index (χ0n) is 9.33. The van der Waals surface area contributed by atoms with Gasteiger partial charge in [-0.25, -0.2) is 0 Å². The first-order chi connectivity index (χ1) is 7.86. The van der Waals surface area contributed by atoms with E-state index in [9.17, 15) is 4.79 Å². The summed E-state index contributed by atoms with van der Waals surface area (Å²) < 4.78 is 10.2. The van der Waals surface area contributed by atoms with Crippen molar-refractivity contribution in [2.75, 3.05) is 26.3 Å². The average Bonchev–Trinajstić information content (AvgIpc) is 2.83. The van der Waals surface area contributed by atoms with Crippen molar-refractivity contribution >= 4 is 5.91 Å². The molecule has 1 atom stereocenters. The van der Waals surface area contributed by atoms with Gasteiger partial charge < -0.3 is 20.1 Å². The molecule has 2 aliphatic heterocycles. The second-order valence-corrected chi connectivity index (χ2v) is 4.04. The lowest BCUT2D eigenvalue weighted by atomic mass is 10.1. The van der Waals surface area contributed by atoms with Crippen LogP contribution in [0, 0.1) is 0 Å². The molecule has 2 heterocycles. The fourth-order valence-electron chi connectivity index (χ4n) is 1.94. The molecule has 90 valence electrons. The second kappa shape index (κ2) is 5.75. The molecule has 2 aliphatic rings. The maximum Gasteiger partial charge on any atom is 0.289 e. The summed E-state index contributed by atoms with van der Waals surface area (Å²) in [6, 6.07) is 0.554. The third kappa shape index (κ3) is 3.13. The summed E-state index contributed by atoms with van der Waals surface area (Å²) in [6.45, 7) is 2.74. The molecule has 2 rings (SSSR count). The van der Waals surface area contributed by atoms with Crippen LogP contribution in [0.25, 0.3) is 0 Å². The molecule has 1 saturated heterocycles. The highest BCUT2D eigenvalue weighted by molar-refractivity contribution is 5.91. The number of amides is 1. The van der Waals surface area contributed by atoms with Crippen molar-refractivity contribution in [2.24, 2.45) is 0 Å². The maximum absolute atomic E-state index is 11.6. The summed E-state index contributed by atoms with van der Waals surface area (Å²) in [5.41, 5.74) is 0. The Hall–Kier alpha value is -1.23. The zero-order chi connectivity index (χ0) is 11.2. The normalized spacial score (nSPS) is 24.2. The third-order valence-corrected chi connectivity index (χ3v) is 2.81. The summed E-state index contributed by atoms with van der Waals surface area (Å²) in [7, 11) is 0. The van der Waals surface area contributed by atoms with Gasteiger partial charge in [-0.2, -0.15) is 0 Å². The molecule has 5 nitrogen and oxygen atoms in total. The molecule has 0 bridgehead atoms. The molecule has 0 unspecified atom stereocenters. The topological polar surface area (TPSA) is 59.6 Å². The van der Waals surface area contributed by atoms with E-state index in [0.717, 1.165) is 13.0 Å². The summed E-state index contributed by atoms with van der Waals surface area (Å²) in [4.78, 5) is 11.6. The van der Waals surface area contributed by atoms with Crippen LogP contribution in [0.2, 0.25) is 0 Å². The molecule has 0 saturated carbocycles. The molecule has 0 aromatic rings. The molecular formula is C11H18N2O3. The summed E-state index contributed by atoms with van der Waals surface area (Å²) >= 11 is 0. The second-order valence-electron chi connectivity index (χ2n) is 4.04. The number of ether oxygens (including phenoxy) is 2. The van der Waals surface area contributed by atoms with E-state index in [2.05, 4.69) is 10.6 Å². The summed E-state index contributed by atoms with van der Waals surface area (Å²) in [6.07, 6.45) is 4.80. The van der Waals surface area contributed by atoms with Crippen LogP contribution in [-0.4, -0.2) is 38.3 Å². The van der Waals surface area contributed by atoms with Crippen molar-refractivity contribution in [3.63, 3.8) is 0 Å². The molecule has 16 heavy (non-hydrogen) atoms. The van der Waals surface area contributed by atoms with Crippen molar-refractivity contribution in [1.29, 1.82) is 0 Å². The quantitative estimate of drug-likeness (QED) is 0.715. The van der Waals surface area contributed by atoms with Crippen LogP contribution >= 0.6 is 0 Å². The van der Waals surface area contributed by atoms with Crippen LogP contribution in [0.1, 0.15) is 19.3 Å². The smallest absolute Gasteiger partial charge is 0.289 e. The first-order valence-electron chi connectivity index (χ1n) is 5.82. The molecule has 0 radical (unpaired) electrons. The van der Waals surface area contributed by atoms with E-state index in [1.165, 1.54) is 19.1 Å². The van der Waals surface area contributed by atoms with E-state index < -0.39 is 0 Å². The summed E-state index contributed by atoms with van der Waals surface area (Å²) in [5, 5.41) is 6.22. The van der Waals surface area contributed by atoms with Gasteiger partial charge in [0, 0.05) is 12.6 Å². The fourth-order valence-corrected chi connectivity index (χ4v) is 1.94. The molecule has 1 amide bonds. The fraction of sp³-hybridized carbons (Fsp3) is 0.727. The van der Waals surface area contributed by atoms with E-state index in [-0.39, 0.29) is 11.7 Å². The highest BCUT2D eigenvalue weighted by atomic mass is 16.6. The van der Waals surface area contributed by atoms with Crippen LogP contribution in [-0.2, 0) is 14.3 Å². The maximum atomic E-state index is 11.6. The first-order valence-corrected chi connectivity index (χ1v) is 5.82. The Bertz CT molecular complexity index is 272. The third-order valence-electron chi connectivity index (χ3n) is 2.81. The van der Waals surface area contributed by atoms with E-state index in [1.807, 2.05) is 0 Å². The molecular weight excluding hydrogens is 208 g/mol. The van der Waals surface area contributed by atoms with E-state index in [0.29, 0.717) is 25.8 Å². The van der Waals surface area contributed by atoms with Crippen molar-refractivity contribution < 1.29 is 14.3 Å². The van der Waals surface area contributed by atoms with Crippen LogP contribution in [0.3, 0.4) is 0 Å². The predicted molar refractivity (Wildman–Crippen MR) is 58.6 cm³/mol. The Balaban J connectivity index is 1.65. The minimum Gasteiger partial charge on any atom is -0.494 e. The lowest BCUT2D eigenvalue weighted by molar-refractivity contribution is -0.122. The molecule has 1 fully saturated rings. The largest absolute Gasteiger partial charge is 0.494 e. The van der Waals surface area contributed by atoms with Gasteiger partial charge in [0.1, 0.15) is 19.5 Å². The van der Waals surface area contributed by atoms with Gasteiger partial charge in [0.05, 0.1) is 0 Å². The van der Waals surface area contributed by atoms with Gasteiger partial charge in [0.2, 0.25) is 5.76 Å². The number of carbonyl (C=O) groups excluding carboxylic acids is 1. The Morgan fingerprint density at radius 1 is 1.56 bits per heavy atom. The van der Waals surface area contributed by atoms with Crippen molar-refractivity contribution in [2.45, 2.75) is 25.3 Å². The molecule has 0 aromatic carbocycles. The zero-order valence-corrected chi connectivity index (χ0v) is 9.33. The average molecular weight is 226 g/mol. The molecule has 0 aromatic heterocycles. The standard InChI is InChI=1S/C11H18N2O3/c14-11(10-8-15-6-7-16-10)13-5-3-9-2-1-4-12-9/h8-9,12H,1-7H2,(H,13,14)/t9-/m0/s1. The van der Waals surface area contributed by atoms with Gasteiger partial charge in [-0.3, -0.25) is 4.79 Å². The van der Waals surface area contributed by atoms with Crippen molar-refractivity contribution in [1.82, 2.24) is 10.6 Å². The van der Waals surface area contributed by atoms with Gasteiger partial charge in [-0.1, -0.05) is 0 Å². The SMILES string of the molecule is O=C(NCC[C@@H]1CCCN1)C1=COCCO1. The number of nitrogens with one attached hydrogen (secondary N) is 2. The van der Waals surface area contributed by atoms with Gasteiger partial charge in [0.25, 0.3) is 5.91 Å². The van der Waals surface area contributed by atoms with Gasteiger partial charge >= 0.3 is 0 Å². The predicted octanol–water partition coefficient (Wildman–Crippen LogP) is 0.133. The Labute approximate surface area is 95.2 Å². The number of hydrogen-bond acceptors (Lipinski definition) is 4. The Kier molecular flexibility index (Phi) is 4.04. The minimum atomic E-state index is -0.183. The highest BCUT2D eigenvalue weighted by Gasteiger charge is 2.16. The lowest BCUT2D eigenvalue weighted by Crippen LogP contribution is -2.32. The summed E-state index contributed by atoms with van der Waals surface area (Å²) in [5.74, 6) is 0.100. The molecule has 0 spiro atoms. The van der Waals surface area contributed by atoms with E-state index in [1.54, 1.807) is 0 Å². The number of hydrogen-bond donors (Lipinski definition) is 2. The van der Waals surface area contributed by atoms with Gasteiger partial charge in [0.15, 0.2) is 0 Å². The van der Waals surface area contributed by atoms with Crippen LogP contribution in [0.4, 0.5) is 0 Å². The number of carbonyl (C=O) groups is 1. The molecule has 2 N–H and O–H groups in total. The van der Waals surface area contributed by atoms with Crippen LogP contribution in [0.5, 0.6) is 0 Å². The molecule has 0 aliphatic carbocycles. The Morgan fingerprint density at radius 3 is 3.19 bits per heavy atom. The van der Waals surface area contributed by atoms with Crippen molar-refractivity contribution in [3.8, 4) is 0 Å². The van der Waals surface area contributed by atoms with Gasteiger partial charge in [-0.05, 0) is 25.8 Å². The lowest BCUT2D eigenvalue weighted by Gasteiger charge is -2.15. The first kappa shape index (κ1) is 11.3. The minimum absolute atomic E-state index is 0.183. The van der Waals surface area contributed by atoms with E-state index >= 15 is 0 Å². The van der Waals surface area contributed by atoms with Gasteiger partial charge in [-0.15, -0.1) is 0 Å². The monoisotopic (exact) mass is 226 g/mol. The highest BCUT2D eigenvalue weighted by Crippen LogP contribution is 2.08. The van der Waals surface area contributed by atoms with Crippen molar-refractivity contribution in [3.05, 3.63) is 12.0 Å².